The van der Waals surface area contributed by atoms with Crippen molar-refractivity contribution in [2.75, 3.05) is 7.11 Å². The molecular weight excluding hydrogens is 292 g/mol. The molecule has 0 atom stereocenters. The second-order valence-electron chi connectivity index (χ2n) is 4.51. The zero-order valence-electron chi connectivity index (χ0n) is 10.5. The molecule has 1 aromatic rings. The normalized spacial score (nSPS) is 16.0. The third-order valence-corrected chi connectivity index (χ3v) is 3.77. The van der Waals surface area contributed by atoms with Gasteiger partial charge in [0.2, 0.25) is 0 Å². The number of ether oxygens (including phenoxy) is 1. The van der Waals surface area contributed by atoms with Crippen molar-refractivity contribution < 1.29 is 9.53 Å². The Balaban J connectivity index is 2.08. The zero-order chi connectivity index (χ0) is 13.0. The van der Waals surface area contributed by atoms with Crippen LogP contribution < -0.4 is 0 Å². The highest BCUT2D eigenvalue weighted by molar-refractivity contribution is 9.10. The van der Waals surface area contributed by atoms with Crippen molar-refractivity contribution in [3.63, 3.8) is 0 Å². The molecule has 0 aromatic heterocycles. The van der Waals surface area contributed by atoms with E-state index in [0.29, 0.717) is 6.42 Å². The van der Waals surface area contributed by atoms with Gasteiger partial charge in [0.1, 0.15) is 5.76 Å². The Bertz CT molecular complexity index is 477. The molecule has 0 N–H and O–H groups in total. The van der Waals surface area contributed by atoms with Crippen LogP contribution in [0.1, 0.15) is 31.2 Å². The molecule has 0 saturated heterocycles. The molecule has 0 amide bonds. The lowest BCUT2D eigenvalue weighted by Gasteiger charge is -2.18. The van der Waals surface area contributed by atoms with Crippen molar-refractivity contribution in [2.45, 2.75) is 32.1 Å². The first kappa shape index (κ1) is 13.3. The van der Waals surface area contributed by atoms with Crippen LogP contribution in [0, 0.1) is 0 Å². The molecule has 0 fully saturated rings. The van der Waals surface area contributed by atoms with Gasteiger partial charge in [-0.2, -0.15) is 0 Å². The van der Waals surface area contributed by atoms with Crippen molar-refractivity contribution in [1.82, 2.24) is 0 Å². The van der Waals surface area contributed by atoms with Crippen molar-refractivity contribution in [3.8, 4) is 0 Å². The summed E-state index contributed by atoms with van der Waals surface area (Å²) in [5.74, 6) is 1.15. The van der Waals surface area contributed by atoms with E-state index in [-0.39, 0.29) is 5.78 Å². The van der Waals surface area contributed by atoms with E-state index in [4.69, 9.17) is 4.74 Å². The van der Waals surface area contributed by atoms with Crippen LogP contribution in [0.4, 0.5) is 0 Å². The molecule has 96 valence electrons. The summed E-state index contributed by atoms with van der Waals surface area (Å²) in [6.45, 7) is 0. The van der Waals surface area contributed by atoms with Crippen molar-refractivity contribution in [3.05, 3.63) is 45.6 Å². The fourth-order valence-corrected chi connectivity index (χ4v) is 2.78. The monoisotopic (exact) mass is 308 g/mol. The Kier molecular flexibility index (Phi) is 4.59. The third-order valence-electron chi connectivity index (χ3n) is 3.28. The van der Waals surface area contributed by atoms with E-state index >= 15 is 0 Å². The fraction of sp³-hybridized carbons (Fsp3) is 0.400. The van der Waals surface area contributed by atoms with Gasteiger partial charge in [0.15, 0.2) is 5.78 Å². The predicted octanol–water partition coefficient (Wildman–Crippen LogP) is 4.04. The van der Waals surface area contributed by atoms with E-state index in [0.717, 1.165) is 41.5 Å². The minimum atomic E-state index is 0.257. The molecule has 1 aliphatic carbocycles. The largest absolute Gasteiger partial charge is 0.501 e. The summed E-state index contributed by atoms with van der Waals surface area (Å²) in [4.78, 5) is 11.9. The Morgan fingerprint density at radius 3 is 2.83 bits per heavy atom. The second-order valence-corrected chi connectivity index (χ2v) is 5.43. The number of hydrogen-bond acceptors (Lipinski definition) is 2. The van der Waals surface area contributed by atoms with Crippen LogP contribution in [-0.4, -0.2) is 12.9 Å². The highest BCUT2D eigenvalue weighted by Gasteiger charge is 2.20. The lowest BCUT2D eigenvalue weighted by atomic mass is 9.92. The minimum Gasteiger partial charge on any atom is -0.501 e. The topological polar surface area (TPSA) is 26.3 Å². The zero-order valence-corrected chi connectivity index (χ0v) is 12.1. The molecule has 1 aliphatic rings. The van der Waals surface area contributed by atoms with E-state index in [1.165, 1.54) is 5.56 Å². The molecular formula is C15H17BrO2. The molecule has 0 heterocycles. The molecule has 0 radical (unpaired) electrons. The average Bonchev–Trinajstić information content (AvgIpc) is 2.37. The fourth-order valence-electron chi connectivity index (χ4n) is 2.33. The first-order valence-corrected chi connectivity index (χ1v) is 7.03. The van der Waals surface area contributed by atoms with Gasteiger partial charge in [-0.05, 0) is 37.0 Å². The van der Waals surface area contributed by atoms with E-state index in [9.17, 15) is 4.79 Å². The molecule has 0 unspecified atom stereocenters. The van der Waals surface area contributed by atoms with Gasteiger partial charge >= 0.3 is 0 Å². The Morgan fingerprint density at radius 2 is 2.11 bits per heavy atom. The lowest BCUT2D eigenvalue weighted by molar-refractivity contribution is -0.116. The maximum atomic E-state index is 11.9. The molecule has 3 heteroatoms. The number of Topliss-reactive ketones (excluding diaryl/α,β-unsaturated/α-hetero) is 1. The van der Waals surface area contributed by atoms with E-state index in [1.807, 2.05) is 12.1 Å². The van der Waals surface area contributed by atoms with E-state index in [2.05, 4.69) is 28.1 Å². The predicted molar refractivity (Wildman–Crippen MR) is 75.4 cm³/mol. The van der Waals surface area contributed by atoms with Crippen molar-refractivity contribution >= 4 is 21.7 Å². The van der Waals surface area contributed by atoms with Gasteiger partial charge in [-0.1, -0.05) is 28.1 Å². The molecule has 2 rings (SSSR count). The number of rotatable bonds is 4. The van der Waals surface area contributed by atoms with Gasteiger partial charge in [0, 0.05) is 22.9 Å². The minimum absolute atomic E-state index is 0.257. The molecule has 0 aliphatic heterocycles. The summed E-state index contributed by atoms with van der Waals surface area (Å²) in [7, 11) is 1.66. The summed E-state index contributed by atoms with van der Waals surface area (Å²) in [6, 6.07) is 8.22. The lowest BCUT2D eigenvalue weighted by Crippen LogP contribution is -2.13. The van der Waals surface area contributed by atoms with E-state index in [1.54, 1.807) is 7.11 Å². The summed E-state index contributed by atoms with van der Waals surface area (Å²) in [5.41, 5.74) is 2.13. The quantitative estimate of drug-likeness (QED) is 0.839. The maximum absolute atomic E-state index is 11.9. The van der Waals surface area contributed by atoms with Crippen molar-refractivity contribution in [2.24, 2.45) is 0 Å². The first-order valence-electron chi connectivity index (χ1n) is 6.24. The molecule has 1 aromatic carbocycles. The molecule has 18 heavy (non-hydrogen) atoms. The van der Waals surface area contributed by atoms with Crippen LogP contribution >= 0.6 is 15.9 Å². The summed E-state index contributed by atoms with van der Waals surface area (Å²) in [6.07, 6.45) is 4.14. The maximum Gasteiger partial charge on any atom is 0.162 e. The third kappa shape index (κ3) is 3.22. The molecule has 2 nitrogen and oxygen atoms in total. The molecule has 0 bridgehead atoms. The number of aryl methyl sites for hydroxylation is 1. The number of ketones is 1. The molecule has 0 saturated carbocycles. The van der Waals surface area contributed by atoms with Gasteiger partial charge in [-0.15, -0.1) is 0 Å². The van der Waals surface area contributed by atoms with Gasteiger partial charge in [-0.3, -0.25) is 4.79 Å². The van der Waals surface area contributed by atoms with Crippen LogP contribution in [0.25, 0.3) is 0 Å². The summed E-state index contributed by atoms with van der Waals surface area (Å²) < 4.78 is 6.42. The Labute approximate surface area is 116 Å². The second kappa shape index (κ2) is 6.19. The van der Waals surface area contributed by atoms with Gasteiger partial charge in [0.05, 0.1) is 7.11 Å². The molecule has 0 spiro atoms. The van der Waals surface area contributed by atoms with E-state index < -0.39 is 0 Å². The average molecular weight is 309 g/mol. The number of hydrogen-bond donors (Lipinski definition) is 0. The number of benzene rings is 1. The number of halogens is 1. The number of carbonyl (C=O) groups is 1. The standard InChI is InChI=1S/C15H17BrO2/c1-18-15-7-3-6-14(17)13(15)9-8-11-4-2-5-12(16)10-11/h2,4-5,10H,3,6-9H2,1H3. The number of carbonyl (C=O) groups excluding carboxylic acids is 1. The summed E-state index contributed by atoms with van der Waals surface area (Å²) in [5, 5.41) is 0. The van der Waals surface area contributed by atoms with Gasteiger partial charge in [-0.25, -0.2) is 0 Å². The van der Waals surface area contributed by atoms with Gasteiger partial charge in [0.25, 0.3) is 0 Å². The Morgan fingerprint density at radius 1 is 1.28 bits per heavy atom. The highest BCUT2D eigenvalue weighted by Crippen LogP contribution is 2.26. The van der Waals surface area contributed by atoms with Crippen LogP contribution in [0.15, 0.2) is 40.1 Å². The van der Waals surface area contributed by atoms with Crippen LogP contribution in [0.5, 0.6) is 0 Å². The SMILES string of the molecule is COC1=C(CCc2cccc(Br)c2)C(=O)CCC1. The number of methoxy groups -OCH3 is 1. The highest BCUT2D eigenvalue weighted by atomic mass is 79.9. The van der Waals surface area contributed by atoms with Gasteiger partial charge < -0.3 is 4.74 Å². The van der Waals surface area contributed by atoms with Crippen LogP contribution in [0.3, 0.4) is 0 Å². The smallest absolute Gasteiger partial charge is 0.162 e. The van der Waals surface area contributed by atoms with Crippen LogP contribution in [-0.2, 0) is 16.0 Å². The first-order chi connectivity index (χ1) is 8.70. The Hall–Kier alpha value is -1.09. The summed E-state index contributed by atoms with van der Waals surface area (Å²) >= 11 is 3.46. The number of allylic oxidation sites excluding steroid dienone is 2. The van der Waals surface area contributed by atoms with Crippen LogP contribution in [0.2, 0.25) is 0 Å². The van der Waals surface area contributed by atoms with Crippen molar-refractivity contribution in [1.29, 1.82) is 0 Å².